The Morgan fingerprint density at radius 1 is 1.00 bits per heavy atom. The van der Waals surface area contributed by atoms with Crippen LogP contribution in [-0.4, -0.2) is 24.0 Å². The summed E-state index contributed by atoms with van der Waals surface area (Å²) in [6, 6.07) is 11.5. The van der Waals surface area contributed by atoms with E-state index in [0.717, 1.165) is 25.7 Å². The van der Waals surface area contributed by atoms with Crippen molar-refractivity contribution in [1.29, 1.82) is 0 Å². The van der Waals surface area contributed by atoms with Crippen molar-refractivity contribution in [3.8, 4) is 0 Å². The lowest BCUT2D eigenvalue weighted by Gasteiger charge is -2.30. The summed E-state index contributed by atoms with van der Waals surface area (Å²) >= 11 is 0. The molecular weight excluding hydrogens is 220 g/mol. The molecule has 1 saturated carbocycles. The maximum atomic E-state index is 5.79. The molecule has 0 radical (unpaired) electrons. The highest BCUT2D eigenvalue weighted by atomic mass is 15.2. The Kier molecular flexibility index (Phi) is 5.69. The molecule has 0 aliphatic heterocycles. The number of rotatable bonds is 5. The molecule has 0 unspecified atom stereocenters. The van der Waals surface area contributed by atoms with Crippen LogP contribution in [0.5, 0.6) is 0 Å². The average molecular weight is 246 g/mol. The van der Waals surface area contributed by atoms with Crippen molar-refractivity contribution >= 4 is 0 Å². The molecule has 0 aromatic heterocycles. The maximum Gasteiger partial charge on any atom is 0.0237 e. The molecule has 2 nitrogen and oxygen atoms in total. The van der Waals surface area contributed by atoms with Crippen LogP contribution in [0.1, 0.15) is 44.1 Å². The molecule has 1 aromatic rings. The van der Waals surface area contributed by atoms with Crippen molar-refractivity contribution in [2.75, 3.05) is 13.1 Å². The molecule has 1 aromatic carbocycles. The summed E-state index contributed by atoms with van der Waals surface area (Å²) in [5.41, 5.74) is 7.20. The second-order valence-corrected chi connectivity index (χ2v) is 5.39. The van der Waals surface area contributed by atoms with E-state index in [9.17, 15) is 0 Å². The van der Waals surface area contributed by atoms with E-state index in [0.29, 0.717) is 0 Å². The predicted octanol–water partition coefficient (Wildman–Crippen LogP) is 3.17. The second kappa shape index (κ2) is 7.55. The number of nitrogens with two attached hydrogens (primary N) is 1. The van der Waals surface area contributed by atoms with E-state index in [-0.39, 0.29) is 0 Å². The van der Waals surface area contributed by atoms with Gasteiger partial charge in [0, 0.05) is 25.7 Å². The van der Waals surface area contributed by atoms with E-state index in [1.807, 2.05) is 0 Å². The molecule has 0 heterocycles. The van der Waals surface area contributed by atoms with E-state index >= 15 is 0 Å². The van der Waals surface area contributed by atoms with Gasteiger partial charge < -0.3 is 5.73 Å². The molecule has 1 aliphatic carbocycles. The van der Waals surface area contributed by atoms with Crippen molar-refractivity contribution in [2.45, 2.75) is 51.1 Å². The Bertz CT molecular complexity index is 315. The third-order valence-electron chi connectivity index (χ3n) is 3.99. The SMILES string of the molecule is NCCN(Cc1ccccc1)C1CCCCCC1. The lowest BCUT2D eigenvalue weighted by atomic mass is 10.1. The Balaban J connectivity index is 1.97. The van der Waals surface area contributed by atoms with Gasteiger partial charge in [0.1, 0.15) is 0 Å². The summed E-state index contributed by atoms with van der Waals surface area (Å²) in [5.74, 6) is 0. The zero-order chi connectivity index (χ0) is 12.6. The van der Waals surface area contributed by atoms with Gasteiger partial charge in [-0.05, 0) is 18.4 Å². The van der Waals surface area contributed by atoms with Crippen LogP contribution in [0.25, 0.3) is 0 Å². The smallest absolute Gasteiger partial charge is 0.0237 e. The van der Waals surface area contributed by atoms with Crippen LogP contribution < -0.4 is 5.73 Å². The number of benzene rings is 1. The maximum absolute atomic E-state index is 5.79. The standard InChI is InChI=1S/C16H26N2/c17-12-13-18(14-15-8-4-3-5-9-15)16-10-6-1-2-7-11-16/h3-5,8-9,16H,1-2,6-7,10-14,17H2. The predicted molar refractivity (Wildman–Crippen MR) is 77.4 cm³/mol. The van der Waals surface area contributed by atoms with Gasteiger partial charge in [-0.2, -0.15) is 0 Å². The molecule has 0 amide bonds. The third kappa shape index (κ3) is 4.11. The van der Waals surface area contributed by atoms with Crippen molar-refractivity contribution < 1.29 is 0 Å². The van der Waals surface area contributed by atoms with Crippen molar-refractivity contribution in [3.05, 3.63) is 35.9 Å². The lowest BCUT2D eigenvalue weighted by Crippen LogP contribution is -2.38. The summed E-state index contributed by atoms with van der Waals surface area (Å²) in [7, 11) is 0. The van der Waals surface area contributed by atoms with Crippen LogP contribution in [0.2, 0.25) is 0 Å². The van der Waals surface area contributed by atoms with E-state index in [4.69, 9.17) is 5.73 Å². The fourth-order valence-corrected chi connectivity index (χ4v) is 3.00. The van der Waals surface area contributed by atoms with Crippen LogP contribution >= 0.6 is 0 Å². The van der Waals surface area contributed by atoms with Gasteiger partial charge in [-0.1, -0.05) is 56.0 Å². The normalized spacial score (nSPS) is 17.9. The summed E-state index contributed by atoms with van der Waals surface area (Å²) in [5, 5.41) is 0. The highest BCUT2D eigenvalue weighted by Crippen LogP contribution is 2.23. The molecule has 100 valence electrons. The Hall–Kier alpha value is -0.860. The van der Waals surface area contributed by atoms with Crippen LogP contribution in [0.4, 0.5) is 0 Å². The molecule has 18 heavy (non-hydrogen) atoms. The van der Waals surface area contributed by atoms with E-state index in [1.165, 1.54) is 44.1 Å². The summed E-state index contributed by atoms with van der Waals surface area (Å²) in [6.07, 6.45) is 8.32. The van der Waals surface area contributed by atoms with Gasteiger partial charge in [0.05, 0.1) is 0 Å². The van der Waals surface area contributed by atoms with Gasteiger partial charge in [0.25, 0.3) is 0 Å². The monoisotopic (exact) mass is 246 g/mol. The van der Waals surface area contributed by atoms with E-state index < -0.39 is 0 Å². The van der Waals surface area contributed by atoms with E-state index in [1.54, 1.807) is 0 Å². The molecule has 0 atom stereocenters. The first-order valence-electron chi connectivity index (χ1n) is 7.38. The van der Waals surface area contributed by atoms with Gasteiger partial charge in [-0.15, -0.1) is 0 Å². The fraction of sp³-hybridized carbons (Fsp3) is 0.625. The first-order chi connectivity index (χ1) is 8.90. The zero-order valence-corrected chi connectivity index (χ0v) is 11.4. The molecule has 1 aliphatic rings. The molecule has 0 bridgehead atoms. The molecule has 0 spiro atoms. The minimum absolute atomic E-state index is 0.747. The van der Waals surface area contributed by atoms with Gasteiger partial charge >= 0.3 is 0 Å². The lowest BCUT2D eigenvalue weighted by molar-refractivity contribution is 0.175. The Labute approximate surface area is 111 Å². The van der Waals surface area contributed by atoms with Crippen molar-refractivity contribution in [3.63, 3.8) is 0 Å². The van der Waals surface area contributed by atoms with Gasteiger partial charge in [-0.25, -0.2) is 0 Å². The number of hydrogen-bond acceptors (Lipinski definition) is 2. The summed E-state index contributed by atoms with van der Waals surface area (Å²) < 4.78 is 0. The highest BCUT2D eigenvalue weighted by Gasteiger charge is 2.19. The zero-order valence-electron chi connectivity index (χ0n) is 11.4. The third-order valence-corrected chi connectivity index (χ3v) is 3.99. The largest absolute Gasteiger partial charge is 0.329 e. The topological polar surface area (TPSA) is 29.3 Å². The van der Waals surface area contributed by atoms with Crippen LogP contribution in [0.15, 0.2) is 30.3 Å². The second-order valence-electron chi connectivity index (χ2n) is 5.39. The Morgan fingerprint density at radius 3 is 2.28 bits per heavy atom. The van der Waals surface area contributed by atoms with E-state index in [2.05, 4.69) is 35.2 Å². The van der Waals surface area contributed by atoms with Crippen LogP contribution in [0.3, 0.4) is 0 Å². The molecule has 0 saturated heterocycles. The number of hydrogen-bond donors (Lipinski definition) is 1. The average Bonchev–Trinajstić information content (AvgIpc) is 2.68. The Morgan fingerprint density at radius 2 is 1.67 bits per heavy atom. The van der Waals surface area contributed by atoms with Gasteiger partial charge in [0.15, 0.2) is 0 Å². The molecule has 1 fully saturated rings. The molecule has 2 rings (SSSR count). The molecular formula is C16H26N2. The minimum Gasteiger partial charge on any atom is -0.329 e. The van der Waals surface area contributed by atoms with Gasteiger partial charge in [-0.3, -0.25) is 4.90 Å². The van der Waals surface area contributed by atoms with Gasteiger partial charge in [0.2, 0.25) is 0 Å². The first-order valence-corrected chi connectivity index (χ1v) is 7.38. The molecule has 2 N–H and O–H groups in total. The summed E-state index contributed by atoms with van der Waals surface area (Å²) in [4.78, 5) is 2.60. The molecule has 2 heteroatoms. The number of nitrogens with zero attached hydrogens (tertiary/aromatic N) is 1. The fourth-order valence-electron chi connectivity index (χ4n) is 3.00. The van der Waals surface area contributed by atoms with Crippen molar-refractivity contribution in [1.82, 2.24) is 4.90 Å². The highest BCUT2D eigenvalue weighted by molar-refractivity contribution is 5.14. The van der Waals surface area contributed by atoms with Crippen LogP contribution in [-0.2, 0) is 6.54 Å². The minimum atomic E-state index is 0.747. The quantitative estimate of drug-likeness (QED) is 0.809. The van der Waals surface area contributed by atoms with Crippen molar-refractivity contribution in [2.24, 2.45) is 5.73 Å². The summed E-state index contributed by atoms with van der Waals surface area (Å²) in [6.45, 7) is 2.85. The van der Waals surface area contributed by atoms with Crippen LogP contribution in [0, 0.1) is 0 Å². The first kappa shape index (κ1) is 13.6.